The summed E-state index contributed by atoms with van der Waals surface area (Å²) >= 11 is 4.96. The zero-order valence-corrected chi connectivity index (χ0v) is 8.65. The van der Waals surface area contributed by atoms with Gasteiger partial charge >= 0.3 is 5.97 Å². The number of carboxylic acid groups (broad SMARTS) is 1. The molecule has 1 aromatic heterocycles. The number of carbonyl (C=O) groups is 1. The lowest BCUT2D eigenvalue weighted by Crippen LogP contribution is -2.08. The van der Waals surface area contributed by atoms with Crippen LogP contribution < -0.4 is 0 Å². The molecule has 0 saturated carbocycles. The number of nitrogens with zero attached hydrogens (tertiary/aromatic N) is 1. The Morgan fingerprint density at radius 3 is 2.87 bits per heavy atom. The number of carboxylic acids is 1. The van der Waals surface area contributed by atoms with Crippen molar-refractivity contribution in [2.24, 2.45) is 0 Å². The first-order chi connectivity index (χ1) is 7.15. The van der Waals surface area contributed by atoms with Crippen molar-refractivity contribution in [3.63, 3.8) is 0 Å². The molecule has 0 unspecified atom stereocenters. The number of hydrogen-bond acceptors (Lipinski definition) is 3. The minimum Gasteiger partial charge on any atom is -0.478 e. The fraction of sp³-hybridized carbons (Fsp3) is 0.300. The van der Waals surface area contributed by atoms with Crippen molar-refractivity contribution in [3.05, 3.63) is 27.0 Å². The topological polar surface area (TPSA) is 76.9 Å². The van der Waals surface area contributed by atoms with Gasteiger partial charge in [-0.25, -0.2) is 4.79 Å². The first kappa shape index (κ1) is 9.87. The Hall–Kier alpha value is -1.67. The predicted molar refractivity (Wildman–Crippen MR) is 55.3 cm³/mol. The van der Waals surface area contributed by atoms with Gasteiger partial charge in [-0.05, 0) is 24.8 Å². The molecule has 1 aromatic rings. The Kier molecular flexibility index (Phi) is 2.29. The molecule has 0 radical (unpaired) electrons. The second-order valence-electron chi connectivity index (χ2n) is 3.43. The van der Waals surface area contributed by atoms with Crippen molar-refractivity contribution in [1.82, 2.24) is 4.98 Å². The summed E-state index contributed by atoms with van der Waals surface area (Å²) in [4.78, 5) is 14.0. The average molecular weight is 220 g/mol. The van der Waals surface area contributed by atoms with E-state index in [-0.39, 0.29) is 15.8 Å². The van der Waals surface area contributed by atoms with Crippen LogP contribution in [0.1, 0.15) is 33.6 Å². The molecule has 1 aliphatic carbocycles. The SMILES string of the molecule is N#Cc1c(C(=O)O)c2c([nH]c1=S)CCC2. The number of rotatable bonds is 1. The van der Waals surface area contributed by atoms with Crippen LogP contribution in [0.4, 0.5) is 0 Å². The van der Waals surface area contributed by atoms with Gasteiger partial charge in [-0.1, -0.05) is 12.2 Å². The van der Waals surface area contributed by atoms with Crippen LogP contribution in [0.15, 0.2) is 0 Å². The maximum Gasteiger partial charge on any atom is 0.337 e. The van der Waals surface area contributed by atoms with Crippen molar-refractivity contribution < 1.29 is 9.90 Å². The molecule has 0 aliphatic heterocycles. The molecule has 0 aromatic carbocycles. The van der Waals surface area contributed by atoms with Crippen LogP contribution in [0.3, 0.4) is 0 Å². The van der Waals surface area contributed by atoms with Crippen molar-refractivity contribution in [2.75, 3.05) is 0 Å². The molecule has 76 valence electrons. The smallest absolute Gasteiger partial charge is 0.337 e. The largest absolute Gasteiger partial charge is 0.478 e. The number of H-pyrrole nitrogens is 1. The van der Waals surface area contributed by atoms with E-state index in [1.807, 2.05) is 6.07 Å². The van der Waals surface area contributed by atoms with E-state index >= 15 is 0 Å². The van der Waals surface area contributed by atoms with Gasteiger partial charge < -0.3 is 10.1 Å². The molecule has 0 amide bonds. The summed E-state index contributed by atoms with van der Waals surface area (Å²) in [7, 11) is 0. The number of nitriles is 1. The molecule has 0 bridgehead atoms. The third-order valence-electron chi connectivity index (χ3n) is 2.59. The van der Waals surface area contributed by atoms with E-state index < -0.39 is 5.97 Å². The highest BCUT2D eigenvalue weighted by Gasteiger charge is 2.23. The van der Waals surface area contributed by atoms with Crippen LogP contribution in [0, 0.1) is 16.0 Å². The molecule has 15 heavy (non-hydrogen) atoms. The number of aromatic nitrogens is 1. The Balaban J connectivity index is 2.85. The van der Waals surface area contributed by atoms with Crippen LogP contribution in [-0.2, 0) is 12.8 Å². The van der Waals surface area contributed by atoms with Gasteiger partial charge in [0.15, 0.2) is 0 Å². The number of aromatic carboxylic acids is 1. The first-order valence-electron chi connectivity index (χ1n) is 4.56. The highest BCUT2D eigenvalue weighted by molar-refractivity contribution is 7.71. The Bertz CT molecular complexity index is 540. The summed E-state index contributed by atoms with van der Waals surface area (Å²) in [5.41, 5.74) is 1.79. The molecule has 1 heterocycles. The summed E-state index contributed by atoms with van der Waals surface area (Å²) in [5.74, 6) is -1.06. The standard InChI is InChI=1S/C10H8N2O2S/c11-4-6-8(10(13)14)5-2-1-3-7(5)12-9(6)15/h1-3H2,(H,12,15)(H,13,14). The maximum atomic E-state index is 11.1. The van der Waals surface area contributed by atoms with Crippen LogP contribution in [0.2, 0.25) is 0 Å². The van der Waals surface area contributed by atoms with Crippen molar-refractivity contribution in [2.45, 2.75) is 19.3 Å². The molecule has 1 aliphatic rings. The fourth-order valence-electron chi connectivity index (χ4n) is 1.96. The van der Waals surface area contributed by atoms with E-state index in [9.17, 15) is 4.79 Å². The number of aryl methyl sites for hydroxylation is 1. The third-order valence-corrected chi connectivity index (χ3v) is 2.89. The first-order valence-corrected chi connectivity index (χ1v) is 4.97. The average Bonchev–Trinajstić information content (AvgIpc) is 2.62. The normalized spacial score (nSPS) is 13.3. The van der Waals surface area contributed by atoms with Gasteiger partial charge in [0.05, 0.1) is 5.56 Å². The summed E-state index contributed by atoms with van der Waals surface area (Å²) in [6.07, 6.45) is 2.43. The molecule has 0 fully saturated rings. The Morgan fingerprint density at radius 1 is 1.53 bits per heavy atom. The quantitative estimate of drug-likeness (QED) is 0.707. The highest BCUT2D eigenvalue weighted by Crippen LogP contribution is 2.26. The fourth-order valence-corrected chi connectivity index (χ4v) is 2.24. The van der Waals surface area contributed by atoms with Crippen LogP contribution in [0.5, 0.6) is 0 Å². The van der Waals surface area contributed by atoms with Gasteiger partial charge in [-0.3, -0.25) is 0 Å². The number of nitrogens with one attached hydrogen (secondary N) is 1. The Morgan fingerprint density at radius 2 is 2.27 bits per heavy atom. The summed E-state index contributed by atoms with van der Waals surface area (Å²) in [6, 6.07) is 1.86. The molecule has 0 saturated heterocycles. The lowest BCUT2D eigenvalue weighted by molar-refractivity contribution is 0.0695. The highest BCUT2D eigenvalue weighted by atomic mass is 32.1. The van der Waals surface area contributed by atoms with E-state index in [1.54, 1.807) is 0 Å². The van der Waals surface area contributed by atoms with Gasteiger partial charge in [0.1, 0.15) is 16.3 Å². The zero-order chi connectivity index (χ0) is 11.0. The molecule has 2 N–H and O–H groups in total. The minimum atomic E-state index is -1.06. The van der Waals surface area contributed by atoms with Crippen LogP contribution >= 0.6 is 12.2 Å². The van der Waals surface area contributed by atoms with E-state index in [0.29, 0.717) is 6.42 Å². The minimum absolute atomic E-state index is 0.0816. The zero-order valence-electron chi connectivity index (χ0n) is 7.83. The second kappa shape index (κ2) is 3.48. The molecule has 4 nitrogen and oxygen atoms in total. The number of pyridine rings is 1. The van der Waals surface area contributed by atoms with E-state index in [4.69, 9.17) is 22.6 Å². The lowest BCUT2D eigenvalue weighted by Gasteiger charge is -2.06. The molecular formula is C10H8N2O2S. The van der Waals surface area contributed by atoms with E-state index in [1.165, 1.54) is 0 Å². The second-order valence-corrected chi connectivity index (χ2v) is 3.84. The number of fused-ring (bicyclic) bond motifs is 1. The van der Waals surface area contributed by atoms with Crippen molar-refractivity contribution in [1.29, 1.82) is 5.26 Å². The van der Waals surface area contributed by atoms with Gasteiger partial charge in [-0.2, -0.15) is 5.26 Å². The van der Waals surface area contributed by atoms with Crippen molar-refractivity contribution in [3.8, 4) is 6.07 Å². The number of aromatic amines is 1. The summed E-state index contributed by atoms with van der Waals surface area (Å²) in [6.45, 7) is 0. The van der Waals surface area contributed by atoms with E-state index in [0.717, 1.165) is 24.1 Å². The van der Waals surface area contributed by atoms with Gasteiger partial charge in [0.25, 0.3) is 0 Å². The molecular weight excluding hydrogens is 212 g/mol. The predicted octanol–water partition coefficient (Wildman–Crippen LogP) is 1.80. The Labute approximate surface area is 91.2 Å². The maximum absolute atomic E-state index is 11.1. The van der Waals surface area contributed by atoms with E-state index in [2.05, 4.69) is 4.98 Å². The molecule has 2 rings (SSSR count). The van der Waals surface area contributed by atoms with Crippen LogP contribution in [0.25, 0.3) is 0 Å². The van der Waals surface area contributed by atoms with Crippen LogP contribution in [-0.4, -0.2) is 16.1 Å². The number of hydrogen-bond donors (Lipinski definition) is 2. The molecule has 0 spiro atoms. The molecule has 0 atom stereocenters. The monoisotopic (exact) mass is 220 g/mol. The van der Waals surface area contributed by atoms with Gasteiger partial charge in [-0.15, -0.1) is 0 Å². The van der Waals surface area contributed by atoms with Gasteiger partial charge in [0, 0.05) is 5.69 Å². The summed E-state index contributed by atoms with van der Waals surface area (Å²) < 4.78 is 0.232. The third kappa shape index (κ3) is 1.43. The molecule has 5 heteroatoms. The van der Waals surface area contributed by atoms with Crippen molar-refractivity contribution >= 4 is 18.2 Å². The lowest BCUT2D eigenvalue weighted by atomic mass is 10.0. The summed E-state index contributed by atoms with van der Waals surface area (Å²) in [5, 5.41) is 18.0. The van der Waals surface area contributed by atoms with Gasteiger partial charge in [0.2, 0.25) is 0 Å².